The van der Waals surface area contributed by atoms with Crippen LogP contribution in [0, 0.1) is 35.3 Å². The van der Waals surface area contributed by atoms with Crippen LogP contribution in [0.15, 0.2) is 72.8 Å². The normalized spacial score (nSPS) is 21.6. The van der Waals surface area contributed by atoms with E-state index in [2.05, 4.69) is 9.80 Å². The van der Waals surface area contributed by atoms with Gasteiger partial charge in [0, 0.05) is 54.4 Å². The summed E-state index contributed by atoms with van der Waals surface area (Å²) in [4.78, 5) is 30.7. The van der Waals surface area contributed by atoms with Gasteiger partial charge in [-0.15, -0.1) is 0 Å². The van der Waals surface area contributed by atoms with Gasteiger partial charge in [-0.25, -0.2) is 8.78 Å². The van der Waals surface area contributed by atoms with Gasteiger partial charge in [0.2, 0.25) is 0 Å². The van der Waals surface area contributed by atoms with Crippen LogP contribution in [0.4, 0.5) is 8.78 Å². The summed E-state index contributed by atoms with van der Waals surface area (Å²) >= 11 is 0. The van der Waals surface area contributed by atoms with E-state index in [-0.39, 0.29) is 40.6 Å². The number of hydrogen-bond acceptors (Lipinski definition) is 4. The summed E-state index contributed by atoms with van der Waals surface area (Å²) < 4.78 is 28.7. The highest BCUT2D eigenvalue weighted by Crippen LogP contribution is 2.34. The van der Waals surface area contributed by atoms with E-state index in [9.17, 15) is 18.4 Å². The maximum Gasteiger partial charge on any atom is 0.170 e. The van der Waals surface area contributed by atoms with E-state index in [0.717, 1.165) is 87.6 Å². The predicted molar refractivity (Wildman–Crippen MR) is 192 cm³/mol. The third-order valence-corrected chi connectivity index (χ3v) is 10.4. The van der Waals surface area contributed by atoms with Crippen LogP contribution in [0.5, 0.6) is 0 Å². The largest absolute Gasteiger partial charge is 0.302 e. The molecule has 0 N–H and O–H groups in total. The van der Waals surface area contributed by atoms with Gasteiger partial charge in [-0.1, -0.05) is 68.4 Å². The Bertz CT molecular complexity index is 1720. The Balaban J connectivity index is 0.000000159. The van der Waals surface area contributed by atoms with Crippen molar-refractivity contribution in [3.8, 4) is 0 Å². The molecule has 4 aliphatic rings. The van der Waals surface area contributed by atoms with Gasteiger partial charge in [0.1, 0.15) is 11.6 Å². The first-order valence-corrected chi connectivity index (χ1v) is 18.3. The number of Topliss-reactive ketones (excluding diaryl/α,β-unsaturated/α-hetero) is 2. The highest BCUT2D eigenvalue weighted by Gasteiger charge is 2.33. The number of rotatable bonds is 8. The van der Waals surface area contributed by atoms with E-state index in [4.69, 9.17) is 0 Å². The maximum atomic E-state index is 14.8. The van der Waals surface area contributed by atoms with Crippen molar-refractivity contribution in [1.29, 1.82) is 0 Å². The first-order valence-electron chi connectivity index (χ1n) is 18.3. The number of nitrogens with zero attached hydrogens (tertiary/aromatic N) is 2. The fourth-order valence-corrected chi connectivity index (χ4v) is 7.54. The van der Waals surface area contributed by atoms with Crippen LogP contribution in [0.25, 0.3) is 21.5 Å². The molecular formula is C42H50F2N2O2. The fraction of sp³-hybridized carbons (Fsp3) is 0.476. The molecule has 0 amide bonds. The molecule has 0 radical (unpaired) electrons. The number of hydrogen-bond donors (Lipinski definition) is 0. The summed E-state index contributed by atoms with van der Waals surface area (Å²) in [7, 11) is 0. The molecule has 4 aromatic carbocycles. The third-order valence-electron chi connectivity index (χ3n) is 10.4. The molecule has 4 fully saturated rings. The minimum atomic E-state index is -0.354. The van der Waals surface area contributed by atoms with Crippen molar-refractivity contribution in [1.82, 2.24) is 9.80 Å². The number of piperidine rings is 2. The minimum Gasteiger partial charge on any atom is -0.302 e. The molecule has 4 nitrogen and oxygen atoms in total. The Morgan fingerprint density at radius 2 is 1.10 bits per heavy atom. The van der Waals surface area contributed by atoms with Crippen LogP contribution >= 0.6 is 0 Å². The summed E-state index contributed by atoms with van der Waals surface area (Å²) in [6.07, 6.45) is 9.30. The van der Waals surface area contributed by atoms with Gasteiger partial charge < -0.3 is 9.80 Å². The Morgan fingerprint density at radius 1 is 0.604 bits per heavy atom. The first kappa shape index (κ1) is 34.4. The minimum absolute atomic E-state index is 0.0197. The van der Waals surface area contributed by atoms with Crippen LogP contribution in [0.3, 0.4) is 0 Å². The number of likely N-dealkylation sites (tertiary alicyclic amines) is 2. The second-order valence-corrected chi connectivity index (χ2v) is 14.1. The van der Waals surface area contributed by atoms with Crippen molar-refractivity contribution in [2.24, 2.45) is 23.7 Å². The standard InChI is InChI=1S/2C20H22FNO.C2H6/c21-19-10-9-18(16-5-1-2-6-17(16)19)20(23)15-4-3-11-22(13-15)12-14-7-8-14;21-19-17-6-2-1-4-15(17)9-10-18(19)20(23)16-5-3-11-22(13-16)12-14-7-8-14;1-2/h1-2,5-6,9-10,14-15H,3-4,7-8,11-13H2;1-2,4,6,9-10,14,16H,3,5,7-8,11-13H2;1-2H3. The van der Waals surface area contributed by atoms with Crippen LogP contribution in [0.1, 0.15) is 85.9 Å². The molecule has 2 aliphatic heterocycles. The first-order chi connectivity index (χ1) is 23.4. The molecule has 0 spiro atoms. The molecule has 2 atom stereocenters. The lowest BCUT2D eigenvalue weighted by molar-refractivity contribution is 0.0806. The molecule has 254 valence electrons. The van der Waals surface area contributed by atoms with Crippen LogP contribution < -0.4 is 0 Å². The van der Waals surface area contributed by atoms with E-state index < -0.39 is 0 Å². The van der Waals surface area contributed by atoms with Crippen molar-refractivity contribution in [3.63, 3.8) is 0 Å². The number of carbonyl (C=O) groups excluding carboxylic acids is 2. The number of halogens is 2. The average Bonchev–Trinajstić information content (AvgIpc) is 4.08. The molecule has 2 saturated carbocycles. The number of carbonyl (C=O) groups is 2. The van der Waals surface area contributed by atoms with E-state index in [1.165, 1.54) is 31.7 Å². The second-order valence-electron chi connectivity index (χ2n) is 14.1. The molecule has 0 aromatic heterocycles. The number of fused-ring (bicyclic) bond motifs is 2. The molecule has 2 saturated heterocycles. The van der Waals surface area contributed by atoms with Crippen molar-refractivity contribution >= 4 is 33.1 Å². The van der Waals surface area contributed by atoms with Crippen molar-refractivity contribution < 1.29 is 18.4 Å². The van der Waals surface area contributed by atoms with E-state index in [1.807, 2.05) is 56.3 Å². The van der Waals surface area contributed by atoms with Crippen LogP contribution in [0.2, 0.25) is 0 Å². The topological polar surface area (TPSA) is 40.6 Å². The number of benzene rings is 4. The summed E-state index contributed by atoms with van der Waals surface area (Å²) in [5.74, 6) is 1.24. The third kappa shape index (κ3) is 8.20. The molecule has 48 heavy (non-hydrogen) atoms. The summed E-state index contributed by atoms with van der Waals surface area (Å²) in [6, 6.07) is 21.3. The second kappa shape index (κ2) is 15.8. The molecule has 0 bridgehead atoms. The summed E-state index contributed by atoms with van der Waals surface area (Å²) in [5.41, 5.74) is 0.947. The van der Waals surface area contributed by atoms with Gasteiger partial charge in [-0.05, 0) is 105 Å². The zero-order chi connectivity index (χ0) is 33.6. The van der Waals surface area contributed by atoms with Gasteiger partial charge in [0.25, 0.3) is 0 Å². The maximum absolute atomic E-state index is 14.8. The van der Waals surface area contributed by atoms with Crippen molar-refractivity contribution in [2.45, 2.75) is 65.2 Å². The lowest BCUT2D eigenvalue weighted by atomic mass is 9.87. The molecule has 8 rings (SSSR count). The highest BCUT2D eigenvalue weighted by molar-refractivity contribution is 6.09. The lowest BCUT2D eigenvalue weighted by Gasteiger charge is -2.32. The average molecular weight is 653 g/mol. The lowest BCUT2D eigenvalue weighted by Crippen LogP contribution is -2.39. The predicted octanol–water partition coefficient (Wildman–Crippen LogP) is 9.59. The van der Waals surface area contributed by atoms with Gasteiger partial charge in [-0.3, -0.25) is 9.59 Å². The van der Waals surface area contributed by atoms with Gasteiger partial charge >= 0.3 is 0 Å². The van der Waals surface area contributed by atoms with Crippen molar-refractivity contribution in [3.05, 3.63) is 95.6 Å². The quantitative estimate of drug-likeness (QED) is 0.178. The van der Waals surface area contributed by atoms with E-state index in [0.29, 0.717) is 16.3 Å². The van der Waals surface area contributed by atoms with Gasteiger partial charge in [0.05, 0.1) is 5.56 Å². The highest BCUT2D eigenvalue weighted by atomic mass is 19.1. The molecular weight excluding hydrogens is 602 g/mol. The molecule has 4 aromatic rings. The van der Waals surface area contributed by atoms with Crippen LogP contribution in [-0.2, 0) is 0 Å². The smallest absolute Gasteiger partial charge is 0.170 e. The SMILES string of the molecule is CC.O=C(c1ccc(F)c2ccccc12)C1CCCN(CC2CC2)C1.O=C(c1ccc2ccccc2c1F)C1CCCN(CC2CC2)C1. The fourth-order valence-electron chi connectivity index (χ4n) is 7.54. The number of ketones is 2. The monoisotopic (exact) mass is 652 g/mol. The molecule has 2 aliphatic carbocycles. The molecule has 2 unspecified atom stereocenters. The van der Waals surface area contributed by atoms with Crippen LogP contribution in [-0.4, -0.2) is 60.6 Å². The van der Waals surface area contributed by atoms with E-state index in [1.54, 1.807) is 24.3 Å². The summed E-state index contributed by atoms with van der Waals surface area (Å²) in [5, 5.41) is 2.69. The zero-order valence-electron chi connectivity index (χ0n) is 28.6. The van der Waals surface area contributed by atoms with Gasteiger partial charge in [0.15, 0.2) is 11.6 Å². The van der Waals surface area contributed by atoms with E-state index >= 15 is 0 Å². The summed E-state index contributed by atoms with van der Waals surface area (Å²) in [6.45, 7) is 10.1. The Labute approximate surface area is 284 Å². The Morgan fingerprint density at radius 3 is 1.69 bits per heavy atom. The van der Waals surface area contributed by atoms with Crippen molar-refractivity contribution in [2.75, 3.05) is 39.3 Å². The Kier molecular flexibility index (Phi) is 11.3. The van der Waals surface area contributed by atoms with Gasteiger partial charge in [-0.2, -0.15) is 0 Å². The Hall–Kier alpha value is -3.48. The molecule has 6 heteroatoms. The molecule has 2 heterocycles. The zero-order valence-corrected chi connectivity index (χ0v) is 28.6.